The Labute approximate surface area is 118 Å². The lowest BCUT2D eigenvalue weighted by atomic mass is 10.2. The summed E-state index contributed by atoms with van der Waals surface area (Å²) in [5.74, 6) is 0.847. The van der Waals surface area contributed by atoms with Crippen LogP contribution in [0.2, 0.25) is 0 Å². The van der Waals surface area contributed by atoms with Crippen LogP contribution >= 0.6 is 22.6 Å². The first-order valence-corrected chi connectivity index (χ1v) is 6.57. The Balaban J connectivity index is 2.31. The normalized spacial score (nSPS) is 11.0. The molecular formula is C13H11IN4. The van der Waals surface area contributed by atoms with Crippen LogP contribution < -0.4 is 5.73 Å². The van der Waals surface area contributed by atoms with Crippen molar-refractivity contribution in [2.24, 2.45) is 7.05 Å². The van der Waals surface area contributed by atoms with Gasteiger partial charge in [0.05, 0.1) is 0 Å². The number of aryl methyl sites for hydroxylation is 1. The molecule has 0 saturated carbocycles. The number of rotatable bonds is 1. The van der Waals surface area contributed by atoms with Crippen molar-refractivity contribution in [1.29, 1.82) is 0 Å². The van der Waals surface area contributed by atoms with Gasteiger partial charge in [-0.2, -0.15) is 0 Å². The number of fused-ring (bicyclic) bond motifs is 1. The fourth-order valence-electron chi connectivity index (χ4n) is 1.99. The zero-order valence-corrected chi connectivity index (χ0v) is 11.9. The van der Waals surface area contributed by atoms with E-state index in [1.54, 1.807) is 6.20 Å². The van der Waals surface area contributed by atoms with Gasteiger partial charge in [-0.25, -0.2) is 9.97 Å². The number of hydrogen-bond donors (Lipinski definition) is 1. The molecule has 3 rings (SSSR count). The first kappa shape index (κ1) is 11.5. The molecular weight excluding hydrogens is 339 g/mol. The van der Waals surface area contributed by atoms with Gasteiger partial charge in [0.15, 0.2) is 5.65 Å². The van der Waals surface area contributed by atoms with Crippen LogP contribution in [0.4, 0.5) is 5.69 Å². The van der Waals surface area contributed by atoms with Gasteiger partial charge in [-0.3, -0.25) is 0 Å². The smallest absolute Gasteiger partial charge is 0.159 e. The lowest BCUT2D eigenvalue weighted by Crippen LogP contribution is -1.97. The van der Waals surface area contributed by atoms with E-state index in [4.69, 9.17) is 5.73 Å². The third-order valence-corrected chi connectivity index (χ3v) is 3.56. The first-order valence-electron chi connectivity index (χ1n) is 5.49. The highest BCUT2D eigenvalue weighted by molar-refractivity contribution is 14.1. The molecule has 0 bridgehead atoms. The van der Waals surface area contributed by atoms with Crippen molar-refractivity contribution in [3.63, 3.8) is 0 Å². The molecule has 2 aromatic heterocycles. The Hall–Kier alpha value is -1.63. The van der Waals surface area contributed by atoms with Gasteiger partial charge in [0.2, 0.25) is 0 Å². The van der Waals surface area contributed by atoms with Crippen molar-refractivity contribution in [3.8, 4) is 11.4 Å². The summed E-state index contributed by atoms with van der Waals surface area (Å²) >= 11 is 2.27. The molecule has 3 aromatic rings. The van der Waals surface area contributed by atoms with Gasteiger partial charge in [0, 0.05) is 28.1 Å². The highest BCUT2D eigenvalue weighted by Gasteiger charge is 2.12. The Morgan fingerprint density at radius 1 is 1.28 bits per heavy atom. The Morgan fingerprint density at radius 2 is 2.11 bits per heavy atom. The number of hydrogen-bond acceptors (Lipinski definition) is 3. The topological polar surface area (TPSA) is 56.7 Å². The SMILES string of the molecule is Cn1c(-c2cc(I)ccc2N)nc2cccnc21. The molecule has 2 heterocycles. The summed E-state index contributed by atoms with van der Waals surface area (Å²) in [6, 6.07) is 9.77. The van der Waals surface area contributed by atoms with Crippen molar-refractivity contribution in [1.82, 2.24) is 14.5 Å². The highest BCUT2D eigenvalue weighted by Crippen LogP contribution is 2.28. The third-order valence-electron chi connectivity index (χ3n) is 2.88. The van der Waals surface area contributed by atoms with E-state index >= 15 is 0 Å². The van der Waals surface area contributed by atoms with E-state index in [0.29, 0.717) is 0 Å². The zero-order chi connectivity index (χ0) is 12.7. The average Bonchev–Trinajstić information content (AvgIpc) is 2.71. The zero-order valence-electron chi connectivity index (χ0n) is 9.76. The van der Waals surface area contributed by atoms with Crippen LogP contribution in [0.15, 0.2) is 36.5 Å². The van der Waals surface area contributed by atoms with Crippen molar-refractivity contribution in [3.05, 3.63) is 40.1 Å². The number of benzene rings is 1. The second-order valence-corrected chi connectivity index (χ2v) is 5.32. The third kappa shape index (κ3) is 1.74. The lowest BCUT2D eigenvalue weighted by molar-refractivity contribution is 0.942. The molecule has 2 N–H and O–H groups in total. The molecule has 90 valence electrons. The van der Waals surface area contributed by atoms with Crippen molar-refractivity contribution in [2.75, 3.05) is 5.73 Å². The molecule has 1 aromatic carbocycles. The fourth-order valence-corrected chi connectivity index (χ4v) is 2.48. The summed E-state index contributed by atoms with van der Waals surface area (Å²) in [5, 5.41) is 0. The summed E-state index contributed by atoms with van der Waals surface area (Å²) in [6.07, 6.45) is 1.77. The van der Waals surface area contributed by atoms with E-state index < -0.39 is 0 Å². The molecule has 0 aliphatic rings. The largest absolute Gasteiger partial charge is 0.398 e. The number of anilines is 1. The number of nitrogens with two attached hydrogens (primary N) is 1. The molecule has 0 spiro atoms. The van der Waals surface area contributed by atoms with Crippen LogP contribution in [-0.2, 0) is 7.05 Å². The maximum absolute atomic E-state index is 6.04. The molecule has 4 nitrogen and oxygen atoms in total. The number of halogens is 1. The molecule has 0 atom stereocenters. The van der Waals surface area contributed by atoms with Crippen LogP contribution in [0.3, 0.4) is 0 Å². The second kappa shape index (κ2) is 4.24. The number of nitrogen functional groups attached to an aromatic ring is 1. The molecule has 0 saturated heterocycles. The predicted molar refractivity (Wildman–Crippen MR) is 81.1 cm³/mol. The summed E-state index contributed by atoms with van der Waals surface area (Å²) < 4.78 is 3.11. The van der Waals surface area contributed by atoms with Gasteiger partial charge in [-0.1, -0.05) is 0 Å². The lowest BCUT2D eigenvalue weighted by Gasteiger charge is -2.06. The van der Waals surface area contributed by atoms with E-state index in [2.05, 4.69) is 32.6 Å². The summed E-state index contributed by atoms with van der Waals surface area (Å²) in [5.41, 5.74) is 9.46. The van der Waals surface area contributed by atoms with Crippen LogP contribution in [-0.4, -0.2) is 14.5 Å². The van der Waals surface area contributed by atoms with E-state index in [0.717, 1.165) is 31.8 Å². The van der Waals surface area contributed by atoms with Gasteiger partial charge in [0.1, 0.15) is 11.3 Å². The molecule has 0 fully saturated rings. The maximum atomic E-state index is 6.04. The minimum atomic E-state index is 0.730. The molecule has 0 radical (unpaired) electrons. The van der Waals surface area contributed by atoms with E-state index in [9.17, 15) is 0 Å². The van der Waals surface area contributed by atoms with Crippen LogP contribution in [0.5, 0.6) is 0 Å². The molecule has 5 heteroatoms. The van der Waals surface area contributed by atoms with Gasteiger partial charge >= 0.3 is 0 Å². The minimum absolute atomic E-state index is 0.730. The molecule has 0 aliphatic carbocycles. The van der Waals surface area contributed by atoms with Crippen LogP contribution in [0, 0.1) is 3.57 Å². The van der Waals surface area contributed by atoms with Crippen molar-refractivity contribution < 1.29 is 0 Å². The number of pyridine rings is 1. The van der Waals surface area contributed by atoms with Gasteiger partial charge in [-0.05, 0) is 52.9 Å². The van der Waals surface area contributed by atoms with Crippen LogP contribution in [0.25, 0.3) is 22.6 Å². The van der Waals surface area contributed by atoms with E-state index in [-0.39, 0.29) is 0 Å². The molecule has 18 heavy (non-hydrogen) atoms. The number of aromatic nitrogens is 3. The first-order chi connectivity index (χ1) is 8.66. The Morgan fingerprint density at radius 3 is 2.89 bits per heavy atom. The van der Waals surface area contributed by atoms with E-state index in [1.165, 1.54) is 0 Å². The van der Waals surface area contributed by atoms with Crippen molar-refractivity contribution in [2.45, 2.75) is 0 Å². The Bertz CT molecular complexity index is 733. The standard InChI is InChI=1S/C13H11IN4/c1-18-12(9-7-8(14)4-5-10(9)15)17-11-3-2-6-16-13(11)18/h2-7H,15H2,1H3. The maximum Gasteiger partial charge on any atom is 0.159 e. The van der Waals surface area contributed by atoms with Crippen molar-refractivity contribution >= 4 is 39.4 Å². The highest BCUT2D eigenvalue weighted by atomic mass is 127. The fraction of sp³-hybridized carbons (Fsp3) is 0.0769. The number of imidazole rings is 1. The van der Waals surface area contributed by atoms with E-state index in [1.807, 2.05) is 41.9 Å². The van der Waals surface area contributed by atoms with Crippen LogP contribution in [0.1, 0.15) is 0 Å². The monoisotopic (exact) mass is 350 g/mol. The summed E-state index contributed by atoms with van der Waals surface area (Å²) in [6.45, 7) is 0. The quantitative estimate of drug-likeness (QED) is 0.542. The Kier molecular flexibility index (Phi) is 2.70. The average molecular weight is 350 g/mol. The predicted octanol–water partition coefficient (Wildman–Crippen LogP) is 2.82. The summed E-state index contributed by atoms with van der Waals surface area (Å²) in [7, 11) is 1.96. The van der Waals surface area contributed by atoms with Gasteiger partial charge in [-0.15, -0.1) is 0 Å². The minimum Gasteiger partial charge on any atom is -0.398 e. The van der Waals surface area contributed by atoms with Gasteiger partial charge in [0.25, 0.3) is 0 Å². The molecule has 0 aliphatic heterocycles. The molecule has 0 unspecified atom stereocenters. The molecule has 0 amide bonds. The second-order valence-electron chi connectivity index (χ2n) is 4.07. The number of nitrogens with zero attached hydrogens (tertiary/aromatic N) is 3. The van der Waals surface area contributed by atoms with Gasteiger partial charge < -0.3 is 10.3 Å². The summed E-state index contributed by atoms with van der Waals surface area (Å²) in [4.78, 5) is 8.94.